The topological polar surface area (TPSA) is 29.5 Å². The second kappa shape index (κ2) is 3.44. The molecule has 2 nitrogen and oxygen atoms in total. The van der Waals surface area contributed by atoms with Gasteiger partial charge in [0.2, 0.25) is 0 Å². The largest absolute Gasteiger partial charge is 0.392 e. The fourth-order valence-electron chi connectivity index (χ4n) is 0.926. The van der Waals surface area contributed by atoms with Crippen LogP contribution in [0.2, 0.25) is 0 Å². The van der Waals surface area contributed by atoms with Gasteiger partial charge >= 0.3 is 0 Å². The maximum absolute atomic E-state index is 9.27. The van der Waals surface area contributed by atoms with Gasteiger partial charge in [0.25, 0.3) is 0 Å². The van der Waals surface area contributed by atoms with Crippen LogP contribution in [0.15, 0.2) is 0 Å². The summed E-state index contributed by atoms with van der Waals surface area (Å²) < 4.78 is 5.16. The van der Waals surface area contributed by atoms with Gasteiger partial charge in [-0.25, -0.2) is 0 Å². The molecule has 2 atom stereocenters. The van der Waals surface area contributed by atoms with Crippen molar-refractivity contribution in [2.75, 3.05) is 19.5 Å². The van der Waals surface area contributed by atoms with Gasteiger partial charge in [-0.2, -0.15) is 11.8 Å². The van der Waals surface area contributed by atoms with Crippen molar-refractivity contribution in [2.24, 2.45) is 0 Å². The van der Waals surface area contributed by atoms with Crippen LogP contribution in [0, 0.1) is 0 Å². The molecule has 1 aliphatic heterocycles. The Morgan fingerprint density at radius 2 is 2.44 bits per heavy atom. The number of hydrogen-bond acceptors (Lipinski definition) is 3. The average Bonchev–Trinajstić information content (AvgIpc) is 1.89. The highest BCUT2D eigenvalue weighted by Gasteiger charge is 2.21. The molecule has 0 bridgehead atoms. The van der Waals surface area contributed by atoms with Crippen molar-refractivity contribution >= 4 is 11.8 Å². The molecule has 1 rings (SSSR count). The third-order valence-electron chi connectivity index (χ3n) is 1.57. The van der Waals surface area contributed by atoms with E-state index in [0.717, 1.165) is 13.0 Å². The minimum Gasteiger partial charge on any atom is -0.392 e. The van der Waals surface area contributed by atoms with Crippen LogP contribution in [0.25, 0.3) is 0 Å². The number of thioether (sulfide) groups is 1. The van der Waals surface area contributed by atoms with Crippen molar-refractivity contribution in [3.8, 4) is 0 Å². The van der Waals surface area contributed by atoms with Crippen LogP contribution in [0.3, 0.4) is 0 Å². The first-order valence-electron chi connectivity index (χ1n) is 3.13. The van der Waals surface area contributed by atoms with E-state index in [-0.39, 0.29) is 6.10 Å². The Balaban J connectivity index is 2.30. The van der Waals surface area contributed by atoms with Gasteiger partial charge in [-0.05, 0) is 12.7 Å². The van der Waals surface area contributed by atoms with Crippen LogP contribution in [0.1, 0.15) is 6.42 Å². The first-order valence-corrected chi connectivity index (χ1v) is 4.42. The monoisotopic (exact) mass is 148 g/mol. The Morgan fingerprint density at radius 3 is 2.89 bits per heavy atom. The summed E-state index contributed by atoms with van der Waals surface area (Å²) in [5, 5.41) is 9.57. The Bertz CT molecular complexity index is 87.1. The molecule has 3 heteroatoms. The molecule has 0 aromatic rings. The number of ether oxygens (including phenoxy) is 1. The van der Waals surface area contributed by atoms with E-state index in [1.807, 2.05) is 6.26 Å². The van der Waals surface area contributed by atoms with Crippen molar-refractivity contribution in [3.63, 3.8) is 0 Å². The maximum Gasteiger partial charge on any atom is 0.0702 e. The molecule has 1 saturated heterocycles. The standard InChI is InChI=1S/C6H12O2S/c1-9-6-4-8-3-2-5(6)7/h5-7H,2-4H2,1H3. The second-order valence-corrected chi connectivity index (χ2v) is 3.28. The molecule has 0 amide bonds. The zero-order valence-electron chi connectivity index (χ0n) is 5.54. The third kappa shape index (κ3) is 1.85. The van der Waals surface area contributed by atoms with Gasteiger partial charge in [0.05, 0.1) is 18.0 Å². The molecular weight excluding hydrogens is 136 g/mol. The Labute approximate surface area is 59.6 Å². The van der Waals surface area contributed by atoms with E-state index in [9.17, 15) is 5.11 Å². The van der Waals surface area contributed by atoms with Gasteiger partial charge in [-0.1, -0.05) is 0 Å². The predicted octanol–water partition coefficient (Wildman–Crippen LogP) is 0.499. The third-order valence-corrected chi connectivity index (χ3v) is 2.63. The molecule has 1 aliphatic rings. The van der Waals surface area contributed by atoms with Crippen molar-refractivity contribution in [1.82, 2.24) is 0 Å². The van der Waals surface area contributed by atoms with Crippen molar-refractivity contribution in [3.05, 3.63) is 0 Å². The Hall–Kier alpha value is 0.270. The molecule has 54 valence electrons. The van der Waals surface area contributed by atoms with Crippen LogP contribution in [0.4, 0.5) is 0 Å². The fraction of sp³-hybridized carbons (Fsp3) is 1.00. The molecule has 0 saturated carbocycles. The lowest BCUT2D eigenvalue weighted by atomic mass is 10.1. The van der Waals surface area contributed by atoms with Gasteiger partial charge in [0.15, 0.2) is 0 Å². The molecule has 1 fully saturated rings. The number of aliphatic hydroxyl groups is 1. The van der Waals surface area contributed by atoms with Crippen LogP contribution in [-0.2, 0) is 4.74 Å². The minimum atomic E-state index is -0.145. The quantitative estimate of drug-likeness (QED) is 0.587. The highest BCUT2D eigenvalue weighted by Crippen LogP contribution is 2.18. The fourth-order valence-corrected chi connectivity index (χ4v) is 1.61. The molecule has 1 heterocycles. The second-order valence-electron chi connectivity index (χ2n) is 2.21. The van der Waals surface area contributed by atoms with E-state index >= 15 is 0 Å². The minimum absolute atomic E-state index is 0.145. The molecule has 9 heavy (non-hydrogen) atoms. The van der Waals surface area contributed by atoms with Gasteiger partial charge in [-0.3, -0.25) is 0 Å². The molecule has 0 aliphatic carbocycles. The first-order chi connectivity index (χ1) is 4.34. The molecule has 2 unspecified atom stereocenters. The molecule has 0 radical (unpaired) electrons. The zero-order valence-corrected chi connectivity index (χ0v) is 6.36. The summed E-state index contributed by atoms with van der Waals surface area (Å²) in [4.78, 5) is 0. The van der Waals surface area contributed by atoms with Crippen LogP contribution in [0.5, 0.6) is 0 Å². The Kier molecular flexibility index (Phi) is 2.82. The Morgan fingerprint density at radius 1 is 1.67 bits per heavy atom. The highest BCUT2D eigenvalue weighted by molar-refractivity contribution is 7.99. The normalized spacial score (nSPS) is 36.7. The van der Waals surface area contributed by atoms with E-state index in [2.05, 4.69) is 0 Å². The predicted molar refractivity (Wildman–Crippen MR) is 38.7 cm³/mol. The van der Waals surface area contributed by atoms with E-state index < -0.39 is 0 Å². The lowest BCUT2D eigenvalue weighted by Crippen LogP contribution is -2.33. The summed E-state index contributed by atoms with van der Waals surface area (Å²) in [6, 6.07) is 0. The smallest absolute Gasteiger partial charge is 0.0702 e. The number of rotatable bonds is 1. The lowest BCUT2D eigenvalue weighted by molar-refractivity contribution is 0.0202. The van der Waals surface area contributed by atoms with Gasteiger partial charge < -0.3 is 9.84 Å². The summed E-state index contributed by atoms with van der Waals surface area (Å²) in [6.45, 7) is 1.43. The summed E-state index contributed by atoms with van der Waals surface area (Å²) in [5.41, 5.74) is 0. The summed E-state index contributed by atoms with van der Waals surface area (Å²) in [7, 11) is 0. The molecule has 1 N–H and O–H groups in total. The molecular formula is C6H12O2S. The van der Waals surface area contributed by atoms with Crippen molar-refractivity contribution in [2.45, 2.75) is 17.8 Å². The van der Waals surface area contributed by atoms with Crippen LogP contribution in [-0.4, -0.2) is 35.9 Å². The lowest BCUT2D eigenvalue weighted by Gasteiger charge is -2.25. The van der Waals surface area contributed by atoms with E-state index in [1.165, 1.54) is 0 Å². The van der Waals surface area contributed by atoms with E-state index in [0.29, 0.717) is 11.9 Å². The molecule has 0 spiro atoms. The highest BCUT2D eigenvalue weighted by atomic mass is 32.2. The van der Waals surface area contributed by atoms with Crippen LogP contribution >= 0.6 is 11.8 Å². The summed E-state index contributed by atoms with van der Waals surface area (Å²) >= 11 is 1.68. The van der Waals surface area contributed by atoms with E-state index in [1.54, 1.807) is 11.8 Å². The average molecular weight is 148 g/mol. The van der Waals surface area contributed by atoms with E-state index in [4.69, 9.17) is 4.74 Å². The molecule has 0 aromatic heterocycles. The number of aliphatic hydroxyl groups excluding tert-OH is 1. The number of hydrogen-bond donors (Lipinski definition) is 1. The molecule has 0 aromatic carbocycles. The van der Waals surface area contributed by atoms with Gasteiger partial charge in [-0.15, -0.1) is 0 Å². The summed E-state index contributed by atoms with van der Waals surface area (Å²) in [5.74, 6) is 0. The first kappa shape index (κ1) is 7.38. The maximum atomic E-state index is 9.27. The summed E-state index contributed by atoms with van der Waals surface area (Å²) in [6.07, 6.45) is 2.66. The zero-order chi connectivity index (χ0) is 6.69. The SMILES string of the molecule is CSC1COCCC1O. The van der Waals surface area contributed by atoms with Crippen molar-refractivity contribution < 1.29 is 9.84 Å². The van der Waals surface area contributed by atoms with Gasteiger partial charge in [0.1, 0.15) is 0 Å². The van der Waals surface area contributed by atoms with Crippen LogP contribution < -0.4 is 0 Å². The van der Waals surface area contributed by atoms with Gasteiger partial charge in [0, 0.05) is 6.61 Å². The van der Waals surface area contributed by atoms with Crippen molar-refractivity contribution in [1.29, 1.82) is 0 Å².